The van der Waals surface area contributed by atoms with Gasteiger partial charge in [-0.1, -0.05) is 44.2 Å². The molecule has 1 saturated heterocycles. The zero-order chi connectivity index (χ0) is 21.9. The van der Waals surface area contributed by atoms with Crippen LogP contribution in [0.4, 0.5) is 14.7 Å². The van der Waals surface area contributed by atoms with Gasteiger partial charge >= 0.3 is 12.2 Å². The molecule has 7 nitrogen and oxygen atoms in total. The van der Waals surface area contributed by atoms with E-state index in [4.69, 9.17) is 9.47 Å². The Balaban J connectivity index is 1.76. The topological polar surface area (TPSA) is 72.0 Å². The summed E-state index contributed by atoms with van der Waals surface area (Å²) in [5.41, 5.74) is -0.0723. The fraction of sp³-hybridized carbons (Fsp3) is 0.500. The first-order chi connectivity index (χ1) is 14.1. The molecule has 1 aliphatic rings. The van der Waals surface area contributed by atoms with E-state index in [0.29, 0.717) is 18.2 Å². The molecule has 2 amide bonds. The molecule has 1 fully saturated rings. The van der Waals surface area contributed by atoms with Gasteiger partial charge in [0.25, 0.3) is 0 Å². The molecular formula is C22H29N3O4S. The first kappa shape index (κ1) is 22.1. The monoisotopic (exact) mass is 431 g/mol. The lowest BCUT2D eigenvalue weighted by atomic mass is 9.87. The largest absolute Gasteiger partial charge is 0.445 e. The standard InChI is InChI=1S/C22H29N3O4S/c1-21(2,3)29-20(27)25(18-23-11-12-30-18)17-13-24(15-22(17,4)5)19(26)28-14-16-9-7-6-8-10-16/h6-12,17H,13-15H2,1-5H3/t17-/m1/s1. The molecule has 2 aromatic rings. The van der Waals surface area contributed by atoms with E-state index in [1.807, 2.05) is 70.3 Å². The minimum Gasteiger partial charge on any atom is -0.445 e. The second kappa shape index (κ2) is 8.63. The number of carbonyl (C=O) groups excluding carboxylic acids is 2. The molecule has 162 valence electrons. The van der Waals surface area contributed by atoms with Crippen molar-refractivity contribution >= 4 is 28.7 Å². The van der Waals surface area contributed by atoms with Crippen LogP contribution in [0.3, 0.4) is 0 Å². The molecule has 8 heteroatoms. The molecular weight excluding hydrogens is 402 g/mol. The zero-order valence-electron chi connectivity index (χ0n) is 18.1. The first-order valence-electron chi connectivity index (χ1n) is 9.94. The molecule has 1 atom stereocenters. The van der Waals surface area contributed by atoms with Gasteiger partial charge in [-0.2, -0.15) is 0 Å². The summed E-state index contributed by atoms with van der Waals surface area (Å²) in [6.07, 6.45) is 0.804. The van der Waals surface area contributed by atoms with Gasteiger partial charge in [0.1, 0.15) is 12.2 Å². The normalized spacial score (nSPS) is 18.2. The Morgan fingerprint density at radius 3 is 2.57 bits per heavy atom. The third-order valence-electron chi connectivity index (χ3n) is 4.88. The molecule has 1 aliphatic heterocycles. The van der Waals surface area contributed by atoms with E-state index in [2.05, 4.69) is 4.98 Å². The second-order valence-electron chi connectivity index (χ2n) is 9.09. The molecule has 1 aromatic heterocycles. The molecule has 0 N–H and O–H groups in total. The number of hydrogen-bond donors (Lipinski definition) is 0. The minimum absolute atomic E-state index is 0.212. The van der Waals surface area contributed by atoms with Crippen molar-refractivity contribution in [1.82, 2.24) is 9.88 Å². The minimum atomic E-state index is -0.635. The Labute approximate surface area is 181 Å². The van der Waals surface area contributed by atoms with Crippen LogP contribution in [-0.2, 0) is 16.1 Å². The highest BCUT2D eigenvalue weighted by molar-refractivity contribution is 7.13. The van der Waals surface area contributed by atoms with Gasteiger partial charge in [-0.3, -0.25) is 0 Å². The Morgan fingerprint density at radius 2 is 1.97 bits per heavy atom. The third-order valence-corrected chi connectivity index (χ3v) is 5.66. The average Bonchev–Trinajstić information content (AvgIpc) is 3.28. The van der Waals surface area contributed by atoms with E-state index in [-0.39, 0.29) is 18.1 Å². The van der Waals surface area contributed by atoms with Gasteiger partial charge in [0.2, 0.25) is 0 Å². The number of rotatable bonds is 4. The van der Waals surface area contributed by atoms with Gasteiger partial charge in [0.15, 0.2) is 5.13 Å². The average molecular weight is 432 g/mol. The molecule has 0 unspecified atom stereocenters. The predicted octanol–water partition coefficient (Wildman–Crippen LogP) is 4.93. The van der Waals surface area contributed by atoms with Crippen LogP contribution >= 0.6 is 11.3 Å². The van der Waals surface area contributed by atoms with Crippen LogP contribution in [0.25, 0.3) is 0 Å². The highest BCUT2D eigenvalue weighted by Gasteiger charge is 2.48. The molecule has 0 saturated carbocycles. The van der Waals surface area contributed by atoms with Gasteiger partial charge in [-0.05, 0) is 26.3 Å². The number of aromatic nitrogens is 1. The number of amides is 2. The number of ether oxygens (including phenoxy) is 2. The Kier molecular flexibility index (Phi) is 6.36. The van der Waals surface area contributed by atoms with Crippen LogP contribution in [0.2, 0.25) is 0 Å². The molecule has 30 heavy (non-hydrogen) atoms. The van der Waals surface area contributed by atoms with Crippen molar-refractivity contribution in [2.24, 2.45) is 5.41 Å². The number of nitrogens with zero attached hydrogens (tertiary/aromatic N) is 3. The van der Waals surface area contributed by atoms with Crippen LogP contribution in [0, 0.1) is 5.41 Å². The lowest BCUT2D eigenvalue weighted by molar-refractivity contribution is 0.0548. The molecule has 2 heterocycles. The Morgan fingerprint density at radius 1 is 1.27 bits per heavy atom. The van der Waals surface area contributed by atoms with Crippen molar-refractivity contribution < 1.29 is 19.1 Å². The number of carbonyl (C=O) groups is 2. The van der Waals surface area contributed by atoms with Crippen LogP contribution in [0.5, 0.6) is 0 Å². The van der Waals surface area contributed by atoms with Crippen molar-refractivity contribution in [1.29, 1.82) is 0 Å². The summed E-state index contributed by atoms with van der Waals surface area (Å²) in [6, 6.07) is 9.27. The fourth-order valence-corrected chi connectivity index (χ4v) is 4.16. The summed E-state index contributed by atoms with van der Waals surface area (Å²) >= 11 is 1.37. The zero-order valence-corrected chi connectivity index (χ0v) is 18.9. The molecule has 0 aliphatic carbocycles. The van der Waals surface area contributed by atoms with E-state index in [1.54, 1.807) is 16.0 Å². The van der Waals surface area contributed by atoms with Crippen molar-refractivity contribution in [2.45, 2.75) is 52.9 Å². The number of thiazole rings is 1. The van der Waals surface area contributed by atoms with Crippen molar-refractivity contribution in [3.63, 3.8) is 0 Å². The van der Waals surface area contributed by atoms with E-state index in [1.165, 1.54) is 11.3 Å². The highest BCUT2D eigenvalue weighted by atomic mass is 32.1. The molecule has 1 aromatic carbocycles. The molecule has 0 spiro atoms. The second-order valence-corrected chi connectivity index (χ2v) is 9.96. The summed E-state index contributed by atoms with van der Waals surface area (Å²) in [5.74, 6) is 0. The molecule has 0 bridgehead atoms. The smallest absolute Gasteiger partial charge is 0.416 e. The van der Waals surface area contributed by atoms with Crippen LogP contribution < -0.4 is 4.90 Å². The van der Waals surface area contributed by atoms with Crippen LogP contribution in [-0.4, -0.2) is 46.8 Å². The SMILES string of the molecule is CC(C)(C)OC(=O)N(c1nccs1)[C@@H]1CN(C(=O)OCc2ccccc2)CC1(C)C. The third kappa shape index (κ3) is 5.30. The highest BCUT2D eigenvalue weighted by Crippen LogP contribution is 2.37. The van der Waals surface area contributed by atoms with Crippen LogP contribution in [0.1, 0.15) is 40.2 Å². The number of likely N-dealkylation sites (tertiary alicyclic amines) is 1. The van der Waals surface area contributed by atoms with Gasteiger partial charge in [0.05, 0.1) is 6.04 Å². The molecule has 0 radical (unpaired) electrons. The maximum Gasteiger partial charge on any atom is 0.416 e. The van der Waals surface area contributed by atoms with Crippen molar-refractivity contribution in [3.8, 4) is 0 Å². The summed E-state index contributed by atoms with van der Waals surface area (Å²) < 4.78 is 11.2. The fourth-order valence-electron chi connectivity index (χ4n) is 3.48. The van der Waals surface area contributed by atoms with E-state index < -0.39 is 17.8 Å². The van der Waals surface area contributed by atoms with Gasteiger partial charge in [0, 0.05) is 30.1 Å². The summed E-state index contributed by atoms with van der Waals surface area (Å²) in [5, 5.41) is 2.38. The van der Waals surface area contributed by atoms with E-state index >= 15 is 0 Å². The van der Waals surface area contributed by atoms with Crippen molar-refractivity contribution in [2.75, 3.05) is 18.0 Å². The molecule has 3 rings (SSSR count). The summed E-state index contributed by atoms with van der Waals surface area (Å²) in [6.45, 7) is 10.6. The number of hydrogen-bond acceptors (Lipinski definition) is 6. The maximum atomic E-state index is 13.1. The van der Waals surface area contributed by atoms with Gasteiger partial charge in [-0.25, -0.2) is 19.5 Å². The number of benzene rings is 1. The Bertz CT molecular complexity index is 862. The predicted molar refractivity (Wildman–Crippen MR) is 117 cm³/mol. The van der Waals surface area contributed by atoms with E-state index in [9.17, 15) is 9.59 Å². The van der Waals surface area contributed by atoms with Crippen LogP contribution in [0.15, 0.2) is 41.9 Å². The lowest BCUT2D eigenvalue weighted by Crippen LogP contribution is -2.50. The van der Waals surface area contributed by atoms with Crippen molar-refractivity contribution in [3.05, 3.63) is 47.5 Å². The number of anilines is 1. The van der Waals surface area contributed by atoms with E-state index in [0.717, 1.165) is 5.56 Å². The van der Waals surface area contributed by atoms with Gasteiger partial charge in [-0.15, -0.1) is 11.3 Å². The van der Waals surface area contributed by atoms with Gasteiger partial charge < -0.3 is 14.4 Å². The summed E-state index contributed by atoms with van der Waals surface area (Å²) in [7, 11) is 0. The quantitative estimate of drug-likeness (QED) is 0.686. The first-order valence-corrected chi connectivity index (χ1v) is 10.8. The lowest BCUT2D eigenvalue weighted by Gasteiger charge is -2.35. The Hall–Kier alpha value is -2.61. The maximum absolute atomic E-state index is 13.1. The summed E-state index contributed by atoms with van der Waals surface area (Å²) in [4.78, 5) is 33.3.